The molecule has 18 heavy (non-hydrogen) atoms. The number of hydrogen-bond acceptors (Lipinski definition) is 3. The number of hydrogen-bond donors (Lipinski definition) is 2. The summed E-state index contributed by atoms with van der Waals surface area (Å²) >= 11 is 3.38. The fourth-order valence-electron chi connectivity index (χ4n) is 1.42. The van der Waals surface area contributed by atoms with Crippen LogP contribution in [-0.2, 0) is 4.79 Å². The van der Waals surface area contributed by atoms with Crippen molar-refractivity contribution in [1.29, 1.82) is 0 Å². The predicted molar refractivity (Wildman–Crippen MR) is 76.8 cm³/mol. The molecule has 0 radical (unpaired) electrons. The number of anilines is 1. The van der Waals surface area contributed by atoms with E-state index in [1.807, 2.05) is 19.9 Å². The Hall–Kier alpha value is -1.07. The lowest BCUT2D eigenvalue weighted by atomic mass is 9.86. The lowest BCUT2D eigenvalue weighted by Gasteiger charge is -2.25. The van der Waals surface area contributed by atoms with Crippen LogP contribution in [0.2, 0.25) is 0 Å². The fourth-order valence-corrected chi connectivity index (χ4v) is 1.96. The lowest BCUT2D eigenvalue weighted by Crippen LogP contribution is -2.39. The first-order chi connectivity index (χ1) is 8.46. The van der Waals surface area contributed by atoms with Crippen molar-refractivity contribution in [3.63, 3.8) is 0 Å². The van der Waals surface area contributed by atoms with Gasteiger partial charge < -0.3 is 15.8 Å². The molecule has 0 aliphatic heterocycles. The van der Waals surface area contributed by atoms with Crippen LogP contribution in [0.4, 0.5) is 5.69 Å². The minimum Gasteiger partial charge on any atom is -0.496 e. The Morgan fingerprint density at radius 1 is 1.56 bits per heavy atom. The summed E-state index contributed by atoms with van der Waals surface area (Å²) in [4.78, 5) is 12.1. The first-order valence-electron chi connectivity index (χ1n) is 5.82. The number of methoxy groups -OCH3 is 1. The molecular weight excluding hydrogens is 296 g/mol. The highest BCUT2D eigenvalue weighted by Crippen LogP contribution is 2.29. The van der Waals surface area contributed by atoms with E-state index in [2.05, 4.69) is 21.2 Å². The molecule has 100 valence electrons. The number of nitrogens with one attached hydrogen (secondary N) is 1. The van der Waals surface area contributed by atoms with Gasteiger partial charge >= 0.3 is 0 Å². The minimum absolute atomic E-state index is 0.0652. The quantitative estimate of drug-likeness (QED) is 0.878. The van der Waals surface area contributed by atoms with Gasteiger partial charge in [-0.3, -0.25) is 4.79 Å². The van der Waals surface area contributed by atoms with E-state index in [1.54, 1.807) is 19.2 Å². The van der Waals surface area contributed by atoms with E-state index < -0.39 is 5.41 Å². The Morgan fingerprint density at radius 3 is 2.67 bits per heavy atom. The van der Waals surface area contributed by atoms with Crippen LogP contribution in [0, 0.1) is 5.41 Å². The topological polar surface area (TPSA) is 64.4 Å². The zero-order valence-electron chi connectivity index (χ0n) is 10.9. The molecule has 1 amide bonds. The summed E-state index contributed by atoms with van der Waals surface area (Å²) < 4.78 is 5.93. The van der Waals surface area contributed by atoms with Crippen molar-refractivity contribution in [2.24, 2.45) is 11.1 Å². The van der Waals surface area contributed by atoms with E-state index in [-0.39, 0.29) is 5.91 Å². The van der Waals surface area contributed by atoms with Crippen molar-refractivity contribution in [2.75, 3.05) is 19.0 Å². The monoisotopic (exact) mass is 314 g/mol. The molecule has 0 saturated heterocycles. The number of nitrogens with two attached hydrogens (primary N) is 1. The van der Waals surface area contributed by atoms with Gasteiger partial charge in [0.05, 0.1) is 17.0 Å². The first-order valence-corrected chi connectivity index (χ1v) is 6.61. The van der Waals surface area contributed by atoms with Crippen LogP contribution < -0.4 is 15.8 Å². The van der Waals surface area contributed by atoms with Gasteiger partial charge in [0, 0.05) is 12.2 Å². The Bertz CT molecular complexity index is 431. The fraction of sp³-hybridized carbons (Fsp3) is 0.462. The number of halogens is 1. The third-order valence-corrected chi connectivity index (χ3v) is 3.81. The molecule has 5 heteroatoms. The molecule has 1 unspecified atom stereocenters. The molecule has 0 bridgehead atoms. The maximum atomic E-state index is 12.1. The van der Waals surface area contributed by atoms with E-state index in [0.29, 0.717) is 13.0 Å². The van der Waals surface area contributed by atoms with Crippen molar-refractivity contribution in [3.8, 4) is 5.75 Å². The largest absolute Gasteiger partial charge is 0.496 e. The smallest absolute Gasteiger partial charge is 0.231 e. The number of ether oxygens (including phenoxy) is 1. The molecule has 0 saturated carbocycles. The highest BCUT2D eigenvalue weighted by Gasteiger charge is 2.29. The molecule has 0 heterocycles. The molecule has 4 nitrogen and oxygen atoms in total. The van der Waals surface area contributed by atoms with Crippen molar-refractivity contribution >= 4 is 27.5 Å². The highest BCUT2D eigenvalue weighted by molar-refractivity contribution is 9.10. The normalized spacial score (nSPS) is 13.8. The summed E-state index contributed by atoms with van der Waals surface area (Å²) in [7, 11) is 1.60. The number of carbonyl (C=O) groups is 1. The molecule has 1 rings (SSSR count). The van der Waals surface area contributed by atoms with Gasteiger partial charge in [-0.15, -0.1) is 0 Å². The van der Waals surface area contributed by atoms with Crippen LogP contribution in [-0.4, -0.2) is 19.6 Å². The van der Waals surface area contributed by atoms with Crippen LogP contribution in [0.5, 0.6) is 5.75 Å². The van der Waals surface area contributed by atoms with Gasteiger partial charge in [-0.05, 0) is 47.5 Å². The van der Waals surface area contributed by atoms with Crippen LogP contribution in [0.15, 0.2) is 22.7 Å². The Labute approximate surface area is 116 Å². The summed E-state index contributed by atoms with van der Waals surface area (Å²) in [5, 5.41) is 2.87. The number of carbonyl (C=O) groups excluding carboxylic acids is 1. The van der Waals surface area contributed by atoms with Gasteiger partial charge in [-0.25, -0.2) is 0 Å². The third-order valence-electron chi connectivity index (χ3n) is 3.19. The van der Waals surface area contributed by atoms with Gasteiger partial charge in [0.25, 0.3) is 0 Å². The zero-order valence-corrected chi connectivity index (χ0v) is 12.5. The van der Waals surface area contributed by atoms with Gasteiger partial charge in [-0.2, -0.15) is 0 Å². The first kappa shape index (κ1) is 15.0. The Kier molecular flexibility index (Phi) is 5.16. The van der Waals surface area contributed by atoms with Crippen LogP contribution in [0.3, 0.4) is 0 Å². The van der Waals surface area contributed by atoms with E-state index in [0.717, 1.165) is 15.9 Å². The van der Waals surface area contributed by atoms with E-state index in [9.17, 15) is 4.79 Å². The van der Waals surface area contributed by atoms with Crippen molar-refractivity contribution in [1.82, 2.24) is 0 Å². The van der Waals surface area contributed by atoms with Crippen molar-refractivity contribution in [2.45, 2.75) is 20.3 Å². The van der Waals surface area contributed by atoms with Gasteiger partial charge in [-0.1, -0.05) is 6.92 Å². The summed E-state index contributed by atoms with van der Waals surface area (Å²) in [5.41, 5.74) is 5.85. The summed E-state index contributed by atoms with van der Waals surface area (Å²) in [6.45, 7) is 4.14. The highest BCUT2D eigenvalue weighted by atomic mass is 79.9. The third kappa shape index (κ3) is 3.23. The van der Waals surface area contributed by atoms with Crippen molar-refractivity contribution < 1.29 is 9.53 Å². The molecule has 0 aliphatic carbocycles. The molecular formula is C13H19BrN2O2. The average Bonchev–Trinajstić information content (AvgIpc) is 2.38. The van der Waals surface area contributed by atoms with E-state index in [1.165, 1.54) is 0 Å². The second-order valence-electron chi connectivity index (χ2n) is 4.42. The molecule has 0 fully saturated rings. The molecule has 0 aromatic heterocycles. The molecule has 1 atom stereocenters. The standard InChI is InChI=1S/C13H19BrN2O2/c1-4-13(2,8-15)12(17)16-9-5-6-11(18-3)10(14)7-9/h5-7H,4,8,15H2,1-3H3,(H,16,17). The number of rotatable bonds is 5. The zero-order chi connectivity index (χ0) is 13.8. The minimum atomic E-state index is -0.535. The lowest BCUT2D eigenvalue weighted by molar-refractivity contribution is -0.124. The molecule has 0 spiro atoms. The summed E-state index contributed by atoms with van der Waals surface area (Å²) in [5.74, 6) is 0.662. The van der Waals surface area contributed by atoms with E-state index in [4.69, 9.17) is 10.5 Å². The number of benzene rings is 1. The second kappa shape index (κ2) is 6.20. The second-order valence-corrected chi connectivity index (χ2v) is 5.28. The van der Waals surface area contributed by atoms with E-state index >= 15 is 0 Å². The predicted octanol–water partition coefficient (Wildman–Crippen LogP) is 2.77. The SMILES string of the molecule is CCC(C)(CN)C(=O)Nc1ccc(OC)c(Br)c1. The Morgan fingerprint density at radius 2 is 2.22 bits per heavy atom. The van der Waals surface area contributed by atoms with Crippen molar-refractivity contribution in [3.05, 3.63) is 22.7 Å². The Balaban J connectivity index is 2.85. The molecule has 1 aromatic carbocycles. The number of amides is 1. The molecule has 1 aromatic rings. The molecule has 3 N–H and O–H groups in total. The van der Waals surface area contributed by atoms with Gasteiger partial charge in [0.2, 0.25) is 5.91 Å². The van der Waals surface area contributed by atoms with Crippen LogP contribution in [0.1, 0.15) is 20.3 Å². The van der Waals surface area contributed by atoms with Crippen LogP contribution >= 0.6 is 15.9 Å². The summed E-state index contributed by atoms with van der Waals surface area (Å²) in [6.07, 6.45) is 0.701. The average molecular weight is 315 g/mol. The summed E-state index contributed by atoms with van der Waals surface area (Å²) in [6, 6.07) is 5.41. The maximum Gasteiger partial charge on any atom is 0.231 e. The molecule has 0 aliphatic rings. The van der Waals surface area contributed by atoms with Gasteiger partial charge in [0.1, 0.15) is 5.75 Å². The van der Waals surface area contributed by atoms with Crippen LogP contribution in [0.25, 0.3) is 0 Å². The van der Waals surface area contributed by atoms with Gasteiger partial charge in [0.15, 0.2) is 0 Å². The maximum absolute atomic E-state index is 12.1.